The van der Waals surface area contributed by atoms with Gasteiger partial charge in [-0.15, -0.1) is 0 Å². The number of alkyl halides is 3. The Hall–Kier alpha value is -2.08. The van der Waals surface area contributed by atoms with Crippen LogP contribution in [0.25, 0.3) is 0 Å². The number of hydrogen-bond acceptors (Lipinski definition) is 3. The second-order valence-corrected chi connectivity index (χ2v) is 4.47. The van der Waals surface area contributed by atoms with E-state index in [4.69, 9.17) is 4.74 Å². The largest absolute Gasteiger partial charge is 0.497 e. The van der Waals surface area contributed by atoms with Gasteiger partial charge in [0.15, 0.2) is 0 Å². The molecule has 0 fully saturated rings. The molecule has 1 N–H and O–H groups in total. The van der Waals surface area contributed by atoms with Gasteiger partial charge < -0.3 is 10.1 Å². The zero-order valence-electron chi connectivity index (χ0n) is 11.6. The Balaban J connectivity index is 2.32. The smallest absolute Gasteiger partial charge is 0.417 e. The molecule has 1 aromatic heterocycles. The van der Waals surface area contributed by atoms with Crippen molar-refractivity contribution in [2.75, 3.05) is 14.2 Å². The summed E-state index contributed by atoms with van der Waals surface area (Å²) < 4.78 is 42.8. The number of nitrogens with zero attached hydrogens (tertiary/aromatic N) is 1. The molecule has 1 aromatic carbocycles. The molecule has 2 aromatic rings. The predicted molar refractivity (Wildman–Crippen MR) is 73.1 cm³/mol. The average Bonchev–Trinajstić information content (AvgIpc) is 2.48. The van der Waals surface area contributed by atoms with Crippen molar-refractivity contribution in [3.8, 4) is 5.75 Å². The highest BCUT2D eigenvalue weighted by Gasteiger charge is 2.31. The fourth-order valence-electron chi connectivity index (χ4n) is 2.05. The monoisotopic (exact) mass is 296 g/mol. The molecule has 1 unspecified atom stereocenters. The first-order valence-corrected chi connectivity index (χ1v) is 6.30. The zero-order chi connectivity index (χ0) is 15.5. The molecule has 2 rings (SSSR count). The first-order valence-electron chi connectivity index (χ1n) is 6.30. The lowest BCUT2D eigenvalue weighted by Gasteiger charge is -2.17. The van der Waals surface area contributed by atoms with Gasteiger partial charge in [0.25, 0.3) is 0 Å². The third kappa shape index (κ3) is 3.52. The summed E-state index contributed by atoms with van der Waals surface area (Å²) in [6.07, 6.45) is -3.53. The summed E-state index contributed by atoms with van der Waals surface area (Å²) in [5.41, 5.74) is 0.620. The third-order valence-corrected chi connectivity index (χ3v) is 3.13. The van der Waals surface area contributed by atoms with Crippen molar-refractivity contribution in [2.24, 2.45) is 0 Å². The Kier molecular flexibility index (Phi) is 4.47. The first kappa shape index (κ1) is 15.3. The molecule has 0 aliphatic rings. The summed E-state index contributed by atoms with van der Waals surface area (Å²) >= 11 is 0. The minimum Gasteiger partial charge on any atom is -0.497 e. The highest BCUT2D eigenvalue weighted by Crippen LogP contribution is 2.30. The fourth-order valence-corrected chi connectivity index (χ4v) is 2.05. The van der Waals surface area contributed by atoms with Crippen LogP contribution in [0.1, 0.15) is 22.9 Å². The summed E-state index contributed by atoms with van der Waals surface area (Å²) in [5.74, 6) is 0.680. The summed E-state index contributed by atoms with van der Waals surface area (Å²) in [5, 5.41) is 3.04. The highest BCUT2D eigenvalue weighted by molar-refractivity contribution is 5.35. The Labute approximate surface area is 120 Å². The maximum absolute atomic E-state index is 12.6. The maximum Gasteiger partial charge on any atom is 0.417 e. The van der Waals surface area contributed by atoms with E-state index >= 15 is 0 Å². The molecule has 0 bridgehead atoms. The van der Waals surface area contributed by atoms with E-state index in [-0.39, 0.29) is 6.04 Å². The van der Waals surface area contributed by atoms with Crippen molar-refractivity contribution in [1.82, 2.24) is 10.3 Å². The molecular weight excluding hydrogens is 281 g/mol. The molecule has 0 aliphatic heterocycles. The van der Waals surface area contributed by atoms with Gasteiger partial charge in [0, 0.05) is 6.20 Å². The standard InChI is InChI=1S/C15H15F3N2O/c1-19-14(10-4-3-5-12(8-10)21-2)13-7-6-11(9-20-13)15(16,17)18/h3-9,14,19H,1-2H3. The number of rotatable bonds is 4. The molecule has 0 saturated heterocycles. The van der Waals surface area contributed by atoms with Crippen molar-refractivity contribution in [3.05, 3.63) is 59.4 Å². The van der Waals surface area contributed by atoms with Crippen LogP contribution in [0.5, 0.6) is 5.75 Å². The van der Waals surface area contributed by atoms with E-state index in [0.29, 0.717) is 11.4 Å². The van der Waals surface area contributed by atoms with Crippen LogP contribution in [0.15, 0.2) is 42.6 Å². The molecular formula is C15H15F3N2O. The summed E-state index contributed by atoms with van der Waals surface area (Å²) in [6, 6.07) is 9.42. The van der Waals surface area contributed by atoms with Crippen LogP contribution in [0.2, 0.25) is 0 Å². The van der Waals surface area contributed by atoms with Crippen LogP contribution in [0.4, 0.5) is 13.2 Å². The Morgan fingerprint density at radius 3 is 2.48 bits per heavy atom. The molecule has 21 heavy (non-hydrogen) atoms. The second-order valence-electron chi connectivity index (χ2n) is 4.47. The van der Waals surface area contributed by atoms with Crippen LogP contribution in [-0.4, -0.2) is 19.1 Å². The van der Waals surface area contributed by atoms with Crippen molar-refractivity contribution in [3.63, 3.8) is 0 Å². The molecule has 3 nitrogen and oxygen atoms in total. The maximum atomic E-state index is 12.6. The molecule has 6 heteroatoms. The quantitative estimate of drug-likeness (QED) is 0.938. The SMILES string of the molecule is CNC(c1cccc(OC)c1)c1ccc(C(F)(F)F)cn1. The molecule has 0 spiro atoms. The van der Waals surface area contributed by atoms with Gasteiger partial charge in [0.1, 0.15) is 5.75 Å². The predicted octanol–water partition coefficient (Wildman–Crippen LogP) is 3.42. The summed E-state index contributed by atoms with van der Waals surface area (Å²) in [7, 11) is 3.29. The Bertz CT molecular complexity index is 597. The lowest BCUT2D eigenvalue weighted by Crippen LogP contribution is -2.19. The van der Waals surface area contributed by atoms with Crippen molar-refractivity contribution < 1.29 is 17.9 Å². The van der Waals surface area contributed by atoms with Gasteiger partial charge in [0.05, 0.1) is 24.4 Å². The number of hydrogen-bond donors (Lipinski definition) is 1. The van der Waals surface area contributed by atoms with E-state index in [2.05, 4.69) is 10.3 Å². The minimum absolute atomic E-state index is 0.303. The van der Waals surface area contributed by atoms with Gasteiger partial charge >= 0.3 is 6.18 Å². The third-order valence-electron chi connectivity index (χ3n) is 3.13. The number of pyridine rings is 1. The topological polar surface area (TPSA) is 34.1 Å². The molecule has 1 atom stereocenters. The number of aromatic nitrogens is 1. The lowest BCUT2D eigenvalue weighted by molar-refractivity contribution is -0.137. The highest BCUT2D eigenvalue weighted by atomic mass is 19.4. The normalized spacial score (nSPS) is 13.0. The number of nitrogens with one attached hydrogen (secondary N) is 1. The van der Waals surface area contributed by atoms with Gasteiger partial charge in [-0.25, -0.2) is 0 Å². The molecule has 0 radical (unpaired) electrons. The molecule has 112 valence electrons. The number of benzene rings is 1. The van der Waals surface area contributed by atoms with Crippen molar-refractivity contribution >= 4 is 0 Å². The van der Waals surface area contributed by atoms with E-state index in [1.54, 1.807) is 20.2 Å². The second kappa shape index (κ2) is 6.13. The van der Waals surface area contributed by atoms with Gasteiger partial charge in [-0.2, -0.15) is 13.2 Å². The number of ether oxygens (including phenoxy) is 1. The molecule has 1 heterocycles. The minimum atomic E-state index is -4.38. The number of halogens is 3. The van der Waals surface area contributed by atoms with Gasteiger partial charge in [-0.3, -0.25) is 4.98 Å². The van der Waals surface area contributed by atoms with Crippen LogP contribution in [0.3, 0.4) is 0 Å². The Morgan fingerprint density at radius 1 is 1.19 bits per heavy atom. The van der Waals surface area contributed by atoms with E-state index in [9.17, 15) is 13.2 Å². The van der Waals surface area contributed by atoms with Crippen LogP contribution < -0.4 is 10.1 Å². The zero-order valence-corrected chi connectivity index (χ0v) is 11.6. The van der Waals surface area contributed by atoms with Gasteiger partial charge in [-0.1, -0.05) is 12.1 Å². The van der Waals surface area contributed by atoms with E-state index in [1.807, 2.05) is 18.2 Å². The Morgan fingerprint density at radius 2 is 1.95 bits per heavy atom. The number of methoxy groups -OCH3 is 1. The summed E-state index contributed by atoms with van der Waals surface area (Å²) in [6.45, 7) is 0. The average molecular weight is 296 g/mol. The van der Waals surface area contributed by atoms with Crippen LogP contribution in [0, 0.1) is 0 Å². The van der Waals surface area contributed by atoms with Gasteiger partial charge in [-0.05, 0) is 36.9 Å². The molecule has 0 amide bonds. The van der Waals surface area contributed by atoms with Gasteiger partial charge in [0.2, 0.25) is 0 Å². The first-order chi connectivity index (χ1) is 9.95. The fraction of sp³-hybridized carbons (Fsp3) is 0.267. The van der Waals surface area contributed by atoms with E-state index in [1.165, 1.54) is 6.07 Å². The van der Waals surface area contributed by atoms with Crippen LogP contribution in [-0.2, 0) is 6.18 Å². The molecule has 0 aliphatic carbocycles. The lowest BCUT2D eigenvalue weighted by atomic mass is 10.0. The van der Waals surface area contributed by atoms with Crippen molar-refractivity contribution in [2.45, 2.75) is 12.2 Å². The van der Waals surface area contributed by atoms with E-state index < -0.39 is 11.7 Å². The molecule has 0 saturated carbocycles. The van der Waals surface area contributed by atoms with Crippen LogP contribution >= 0.6 is 0 Å². The summed E-state index contributed by atoms with van der Waals surface area (Å²) in [4.78, 5) is 3.92. The van der Waals surface area contributed by atoms with Crippen molar-refractivity contribution in [1.29, 1.82) is 0 Å². The van der Waals surface area contributed by atoms with E-state index in [0.717, 1.165) is 17.8 Å².